The van der Waals surface area contributed by atoms with E-state index in [1.807, 2.05) is 30.0 Å². The number of benzene rings is 1. The first kappa shape index (κ1) is 17.3. The minimum absolute atomic E-state index is 0.142. The molecule has 23 heavy (non-hydrogen) atoms. The number of hydrogen-bond donors (Lipinski definition) is 1. The average molecular weight is 313 g/mol. The minimum Gasteiger partial charge on any atom is -0.364 e. The first-order valence-corrected chi connectivity index (χ1v) is 8.31. The SMILES string of the molecule is CCC1=C(C(=NC)NC(C)c2ccccc2)CN(C(C)C)C1=O. The Balaban J connectivity index is 2.23. The van der Waals surface area contributed by atoms with Gasteiger partial charge in [0.05, 0.1) is 6.54 Å². The van der Waals surface area contributed by atoms with Gasteiger partial charge in [0.2, 0.25) is 0 Å². The summed E-state index contributed by atoms with van der Waals surface area (Å²) in [5, 5.41) is 3.48. The maximum atomic E-state index is 12.5. The summed E-state index contributed by atoms with van der Waals surface area (Å²) >= 11 is 0. The number of nitrogens with zero attached hydrogens (tertiary/aromatic N) is 2. The lowest BCUT2D eigenvalue weighted by Gasteiger charge is -2.22. The van der Waals surface area contributed by atoms with Crippen molar-refractivity contribution in [2.24, 2.45) is 4.99 Å². The summed E-state index contributed by atoms with van der Waals surface area (Å²) in [5.74, 6) is 0.975. The lowest BCUT2D eigenvalue weighted by Crippen LogP contribution is -2.35. The highest BCUT2D eigenvalue weighted by Crippen LogP contribution is 2.25. The van der Waals surface area contributed by atoms with E-state index >= 15 is 0 Å². The van der Waals surface area contributed by atoms with Crippen LogP contribution < -0.4 is 5.32 Å². The Morgan fingerprint density at radius 3 is 2.43 bits per heavy atom. The van der Waals surface area contributed by atoms with Gasteiger partial charge in [-0.1, -0.05) is 37.3 Å². The molecule has 1 aromatic rings. The van der Waals surface area contributed by atoms with Crippen LogP contribution in [0.4, 0.5) is 0 Å². The fraction of sp³-hybridized carbons (Fsp3) is 0.474. The molecule has 4 heteroatoms. The minimum atomic E-state index is 0.142. The molecule has 1 aliphatic heterocycles. The van der Waals surface area contributed by atoms with Crippen molar-refractivity contribution in [1.29, 1.82) is 0 Å². The first-order chi connectivity index (χ1) is 11.0. The fourth-order valence-corrected chi connectivity index (χ4v) is 2.96. The predicted molar refractivity (Wildman–Crippen MR) is 95.5 cm³/mol. The van der Waals surface area contributed by atoms with Crippen molar-refractivity contribution < 1.29 is 4.79 Å². The third-order valence-corrected chi connectivity index (χ3v) is 4.35. The molecule has 1 unspecified atom stereocenters. The summed E-state index contributed by atoms with van der Waals surface area (Å²) in [6.07, 6.45) is 0.734. The topological polar surface area (TPSA) is 44.7 Å². The van der Waals surface area contributed by atoms with Crippen molar-refractivity contribution in [1.82, 2.24) is 10.2 Å². The van der Waals surface area contributed by atoms with E-state index in [2.05, 4.69) is 43.2 Å². The van der Waals surface area contributed by atoms with Gasteiger partial charge in [0, 0.05) is 30.3 Å². The van der Waals surface area contributed by atoms with E-state index in [4.69, 9.17) is 0 Å². The molecule has 1 heterocycles. The van der Waals surface area contributed by atoms with E-state index in [-0.39, 0.29) is 18.0 Å². The predicted octanol–water partition coefficient (Wildman–Crippen LogP) is 3.32. The van der Waals surface area contributed by atoms with Gasteiger partial charge < -0.3 is 10.2 Å². The van der Waals surface area contributed by atoms with Crippen molar-refractivity contribution in [2.45, 2.75) is 46.2 Å². The van der Waals surface area contributed by atoms with Crippen LogP contribution in [-0.2, 0) is 4.79 Å². The fourth-order valence-electron chi connectivity index (χ4n) is 2.96. The molecule has 0 saturated carbocycles. The van der Waals surface area contributed by atoms with Crippen molar-refractivity contribution in [3.8, 4) is 0 Å². The Morgan fingerprint density at radius 2 is 1.91 bits per heavy atom. The number of amidine groups is 1. The Labute approximate surface area is 139 Å². The highest BCUT2D eigenvalue weighted by atomic mass is 16.2. The molecule has 124 valence electrons. The van der Waals surface area contributed by atoms with Crippen molar-refractivity contribution in [2.75, 3.05) is 13.6 Å². The summed E-state index contributed by atoms with van der Waals surface area (Å²) in [6, 6.07) is 10.6. The number of aliphatic imine (C=N–C) groups is 1. The maximum Gasteiger partial charge on any atom is 0.250 e. The quantitative estimate of drug-likeness (QED) is 0.669. The number of nitrogens with one attached hydrogen (secondary N) is 1. The van der Waals surface area contributed by atoms with Gasteiger partial charge in [-0.25, -0.2) is 0 Å². The summed E-state index contributed by atoms with van der Waals surface area (Å²) in [4.78, 5) is 18.9. The number of carbonyl (C=O) groups excluding carboxylic acids is 1. The van der Waals surface area contributed by atoms with Gasteiger partial charge in [-0.15, -0.1) is 0 Å². The Bertz CT molecular complexity index is 617. The molecule has 0 fully saturated rings. The second kappa shape index (κ2) is 7.44. The van der Waals surface area contributed by atoms with E-state index < -0.39 is 0 Å². The molecule has 0 aromatic heterocycles. The summed E-state index contributed by atoms with van der Waals surface area (Å²) in [6.45, 7) is 8.89. The second-order valence-corrected chi connectivity index (χ2v) is 6.19. The van der Waals surface area contributed by atoms with E-state index in [0.717, 1.165) is 23.4 Å². The van der Waals surface area contributed by atoms with Crippen molar-refractivity contribution in [3.05, 3.63) is 47.0 Å². The van der Waals surface area contributed by atoms with Gasteiger partial charge in [0.1, 0.15) is 5.84 Å². The Morgan fingerprint density at radius 1 is 1.26 bits per heavy atom. The van der Waals surface area contributed by atoms with Gasteiger partial charge in [0.15, 0.2) is 0 Å². The molecule has 0 bridgehead atoms. The molecule has 0 spiro atoms. The number of rotatable bonds is 5. The van der Waals surface area contributed by atoms with Crippen LogP contribution in [0, 0.1) is 0 Å². The zero-order valence-electron chi connectivity index (χ0n) is 14.8. The monoisotopic (exact) mass is 313 g/mol. The second-order valence-electron chi connectivity index (χ2n) is 6.19. The van der Waals surface area contributed by atoms with Crippen LogP contribution in [0.2, 0.25) is 0 Å². The van der Waals surface area contributed by atoms with Crippen LogP contribution in [-0.4, -0.2) is 36.3 Å². The van der Waals surface area contributed by atoms with E-state index in [1.54, 1.807) is 7.05 Å². The molecule has 1 amide bonds. The highest BCUT2D eigenvalue weighted by Gasteiger charge is 2.33. The maximum absolute atomic E-state index is 12.5. The normalized spacial score (nSPS) is 17.2. The van der Waals surface area contributed by atoms with Crippen LogP contribution in [0.5, 0.6) is 0 Å². The van der Waals surface area contributed by atoms with Gasteiger partial charge in [-0.3, -0.25) is 9.79 Å². The van der Waals surface area contributed by atoms with Crippen molar-refractivity contribution in [3.63, 3.8) is 0 Å². The Hall–Kier alpha value is -2.10. The largest absolute Gasteiger partial charge is 0.364 e. The number of hydrogen-bond acceptors (Lipinski definition) is 2. The molecule has 1 N–H and O–H groups in total. The highest BCUT2D eigenvalue weighted by molar-refractivity contribution is 6.10. The zero-order chi connectivity index (χ0) is 17.0. The zero-order valence-corrected chi connectivity index (χ0v) is 14.8. The molecule has 0 aliphatic carbocycles. The molecule has 1 aliphatic rings. The molecule has 2 rings (SSSR count). The van der Waals surface area contributed by atoms with Crippen LogP contribution in [0.1, 0.15) is 45.7 Å². The summed E-state index contributed by atoms with van der Waals surface area (Å²) in [5.41, 5.74) is 3.13. The van der Waals surface area contributed by atoms with Crippen molar-refractivity contribution >= 4 is 11.7 Å². The first-order valence-electron chi connectivity index (χ1n) is 8.31. The smallest absolute Gasteiger partial charge is 0.250 e. The van der Waals surface area contributed by atoms with E-state index in [9.17, 15) is 4.79 Å². The van der Waals surface area contributed by atoms with Crippen LogP contribution in [0.25, 0.3) is 0 Å². The van der Waals surface area contributed by atoms with Gasteiger partial charge in [-0.05, 0) is 32.8 Å². The molecule has 1 atom stereocenters. The molecule has 0 radical (unpaired) electrons. The lowest BCUT2D eigenvalue weighted by molar-refractivity contribution is -0.127. The third kappa shape index (κ3) is 3.63. The standard InChI is InChI=1S/C19H27N3O/c1-6-16-17(12-22(13(2)3)19(16)23)18(20-5)21-14(4)15-10-8-7-9-11-15/h7-11,13-14H,6,12H2,1-5H3,(H,20,21). The Kier molecular flexibility index (Phi) is 5.59. The number of amides is 1. The molecule has 0 saturated heterocycles. The molecule has 1 aromatic carbocycles. The van der Waals surface area contributed by atoms with Gasteiger partial charge in [0.25, 0.3) is 5.91 Å². The number of carbonyl (C=O) groups is 1. The van der Waals surface area contributed by atoms with Gasteiger partial charge in [-0.2, -0.15) is 0 Å². The molecular formula is C19H27N3O. The lowest BCUT2D eigenvalue weighted by atomic mass is 10.1. The van der Waals surface area contributed by atoms with E-state index in [0.29, 0.717) is 6.54 Å². The molecule has 4 nitrogen and oxygen atoms in total. The van der Waals surface area contributed by atoms with Crippen LogP contribution >= 0.6 is 0 Å². The van der Waals surface area contributed by atoms with Crippen LogP contribution in [0.3, 0.4) is 0 Å². The van der Waals surface area contributed by atoms with Gasteiger partial charge >= 0.3 is 0 Å². The summed E-state index contributed by atoms with van der Waals surface area (Å²) in [7, 11) is 1.78. The third-order valence-electron chi connectivity index (χ3n) is 4.35. The average Bonchev–Trinajstić information content (AvgIpc) is 2.89. The van der Waals surface area contributed by atoms with E-state index in [1.165, 1.54) is 5.56 Å². The molecular weight excluding hydrogens is 286 g/mol. The summed E-state index contributed by atoms with van der Waals surface area (Å²) < 4.78 is 0. The van der Waals surface area contributed by atoms with Crippen LogP contribution in [0.15, 0.2) is 46.5 Å².